The third-order valence-corrected chi connectivity index (χ3v) is 6.63. The van der Waals surface area contributed by atoms with Crippen molar-refractivity contribution in [3.8, 4) is 5.75 Å². The lowest BCUT2D eigenvalue weighted by atomic mass is 9.69. The van der Waals surface area contributed by atoms with E-state index in [-0.39, 0.29) is 11.5 Å². The van der Waals surface area contributed by atoms with E-state index in [1.165, 1.54) is 20.5 Å². The van der Waals surface area contributed by atoms with Crippen LogP contribution in [-0.2, 0) is 6.42 Å². The molecule has 2 aliphatic rings. The van der Waals surface area contributed by atoms with E-state index in [1.54, 1.807) is 6.07 Å². The fourth-order valence-corrected chi connectivity index (χ4v) is 5.66. The van der Waals surface area contributed by atoms with Crippen LogP contribution in [-0.4, -0.2) is 16.3 Å². The van der Waals surface area contributed by atoms with Gasteiger partial charge < -0.3 is 10.2 Å². The molecular formula is C16H18O2S. The Morgan fingerprint density at radius 2 is 2.16 bits per heavy atom. The molecule has 2 aliphatic carbocycles. The quantitative estimate of drug-likeness (QED) is 0.767. The van der Waals surface area contributed by atoms with Gasteiger partial charge >= 0.3 is 0 Å². The summed E-state index contributed by atoms with van der Waals surface area (Å²) >= 11 is 1.82. The smallest absolute Gasteiger partial charge is 0.117 e. The molecule has 1 heterocycles. The van der Waals surface area contributed by atoms with Gasteiger partial charge in [-0.05, 0) is 54.8 Å². The SMILES string of the molecule is C[C@]12CCc3c(sc4cc(O)ccc34)[C@@H]1CC[C@@H]2O. The molecule has 0 spiro atoms. The maximum absolute atomic E-state index is 10.3. The zero-order chi connectivity index (χ0) is 13.2. The summed E-state index contributed by atoms with van der Waals surface area (Å²) in [5, 5.41) is 21.2. The first-order valence-corrected chi connectivity index (χ1v) is 7.83. The van der Waals surface area contributed by atoms with Crippen LogP contribution in [0.3, 0.4) is 0 Å². The molecule has 19 heavy (non-hydrogen) atoms. The zero-order valence-electron chi connectivity index (χ0n) is 11.0. The van der Waals surface area contributed by atoms with E-state index in [4.69, 9.17) is 0 Å². The van der Waals surface area contributed by atoms with Crippen LogP contribution >= 0.6 is 11.3 Å². The number of fused-ring (bicyclic) bond motifs is 5. The van der Waals surface area contributed by atoms with Crippen molar-refractivity contribution in [1.82, 2.24) is 0 Å². The Morgan fingerprint density at radius 1 is 1.32 bits per heavy atom. The maximum Gasteiger partial charge on any atom is 0.117 e. The second-order valence-corrected chi connectivity index (χ2v) is 7.36. The predicted octanol–water partition coefficient (Wildman–Crippen LogP) is 3.80. The van der Waals surface area contributed by atoms with Crippen LogP contribution in [0.15, 0.2) is 18.2 Å². The van der Waals surface area contributed by atoms with Crippen molar-refractivity contribution in [3.63, 3.8) is 0 Å². The van der Waals surface area contributed by atoms with Crippen molar-refractivity contribution in [2.24, 2.45) is 5.41 Å². The molecule has 0 radical (unpaired) electrons. The molecule has 1 aromatic heterocycles. The van der Waals surface area contributed by atoms with E-state index in [9.17, 15) is 10.2 Å². The Kier molecular flexibility index (Phi) is 2.31. The Morgan fingerprint density at radius 3 is 3.00 bits per heavy atom. The van der Waals surface area contributed by atoms with E-state index >= 15 is 0 Å². The zero-order valence-corrected chi connectivity index (χ0v) is 11.8. The normalized spacial score (nSPS) is 33.4. The summed E-state index contributed by atoms with van der Waals surface area (Å²) in [6, 6.07) is 5.71. The number of thiophene rings is 1. The molecule has 0 aliphatic heterocycles. The fraction of sp³-hybridized carbons (Fsp3) is 0.500. The monoisotopic (exact) mass is 274 g/mol. The van der Waals surface area contributed by atoms with Gasteiger partial charge in [-0.2, -0.15) is 0 Å². The summed E-state index contributed by atoms with van der Waals surface area (Å²) < 4.78 is 1.19. The second-order valence-electron chi connectivity index (χ2n) is 6.28. The van der Waals surface area contributed by atoms with Crippen LogP contribution in [0.1, 0.15) is 42.5 Å². The van der Waals surface area contributed by atoms with E-state index in [0.29, 0.717) is 11.7 Å². The third kappa shape index (κ3) is 1.46. The molecule has 1 saturated carbocycles. The van der Waals surface area contributed by atoms with Gasteiger partial charge in [-0.1, -0.05) is 6.92 Å². The molecule has 0 amide bonds. The minimum Gasteiger partial charge on any atom is -0.508 e. The van der Waals surface area contributed by atoms with Crippen LogP contribution in [0.4, 0.5) is 0 Å². The lowest BCUT2D eigenvalue weighted by Gasteiger charge is -2.38. The summed E-state index contributed by atoms with van der Waals surface area (Å²) in [5.41, 5.74) is 1.53. The molecule has 1 fully saturated rings. The Balaban J connectivity index is 1.93. The van der Waals surface area contributed by atoms with Crippen molar-refractivity contribution in [2.45, 2.75) is 44.6 Å². The van der Waals surface area contributed by atoms with Gasteiger partial charge in [-0.15, -0.1) is 11.3 Å². The minimum absolute atomic E-state index is 0.0654. The maximum atomic E-state index is 10.3. The molecule has 100 valence electrons. The summed E-state index contributed by atoms with van der Waals surface area (Å²) in [6.45, 7) is 2.25. The van der Waals surface area contributed by atoms with Gasteiger partial charge in [0.2, 0.25) is 0 Å². The average Bonchev–Trinajstić information content (AvgIpc) is 2.87. The summed E-state index contributed by atoms with van der Waals surface area (Å²) in [7, 11) is 0. The second kappa shape index (κ2) is 3.74. The molecule has 0 saturated heterocycles. The molecule has 3 atom stereocenters. The molecule has 0 unspecified atom stereocenters. The fourth-order valence-electron chi connectivity index (χ4n) is 4.08. The first kappa shape index (κ1) is 11.7. The van der Waals surface area contributed by atoms with E-state index in [2.05, 4.69) is 6.92 Å². The number of aliphatic hydroxyl groups excluding tert-OH is 1. The highest BCUT2D eigenvalue weighted by Gasteiger charge is 2.49. The van der Waals surface area contributed by atoms with Crippen molar-refractivity contribution < 1.29 is 10.2 Å². The number of aliphatic hydroxyl groups is 1. The Hall–Kier alpha value is -1.06. The molecule has 3 heteroatoms. The first-order chi connectivity index (χ1) is 9.09. The number of hydrogen-bond acceptors (Lipinski definition) is 3. The third-order valence-electron chi connectivity index (χ3n) is 5.32. The highest BCUT2D eigenvalue weighted by atomic mass is 32.1. The van der Waals surface area contributed by atoms with Crippen molar-refractivity contribution in [1.29, 1.82) is 0 Å². The van der Waals surface area contributed by atoms with Gasteiger partial charge in [-0.3, -0.25) is 0 Å². The van der Waals surface area contributed by atoms with Crippen LogP contribution in [0.2, 0.25) is 0 Å². The molecule has 1 aromatic carbocycles. The summed E-state index contributed by atoms with van der Waals surface area (Å²) in [5.74, 6) is 0.853. The summed E-state index contributed by atoms with van der Waals surface area (Å²) in [6.07, 6.45) is 4.02. The number of rotatable bonds is 0. The molecule has 4 rings (SSSR count). The van der Waals surface area contributed by atoms with Gasteiger partial charge in [0, 0.05) is 20.9 Å². The van der Waals surface area contributed by atoms with E-state index in [1.807, 2.05) is 23.5 Å². The molecule has 2 N–H and O–H groups in total. The Bertz CT molecular complexity index is 660. The number of aromatic hydroxyl groups is 1. The molecular weight excluding hydrogens is 256 g/mol. The highest BCUT2D eigenvalue weighted by molar-refractivity contribution is 7.19. The van der Waals surface area contributed by atoms with Crippen molar-refractivity contribution >= 4 is 21.4 Å². The summed E-state index contributed by atoms with van der Waals surface area (Å²) in [4.78, 5) is 1.46. The first-order valence-electron chi connectivity index (χ1n) is 7.02. The number of hydrogen-bond donors (Lipinski definition) is 2. The predicted molar refractivity (Wildman–Crippen MR) is 77.9 cm³/mol. The standard InChI is InChI=1S/C16H18O2S/c1-16-7-6-11-10-3-2-9(17)8-13(10)19-15(11)12(16)4-5-14(16)18/h2-3,8,12,14,17-18H,4-7H2,1H3/t12-,14-,16-/m0/s1. The van der Waals surface area contributed by atoms with Gasteiger partial charge in [0.1, 0.15) is 5.75 Å². The number of phenolic OH excluding ortho intramolecular Hbond substituents is 1. The van der Waals surface area contributed by atoms with Gasteiger partial charge in [0.25, 0.3) is 0 Å². The van der Waals surface area contributed by atoms with Crippen LogP contribution < -0.4 is 0 Å². The van der Waals surface area contributed by atoms with Gasteiger partial charge in [-0.25, -0.2) is 0 Å². The highest BCUT2D eigenvalue weighted by Crippen LogP contribution is 2.58. The minimum atomic E-state index is -0.149. The lowest BCUT2D eigenvalue weighted by Crippen LogP contribution is -2.34. The van der Waals surface area contributed by atoms with Crippen molar-refractivity contribution in [3.05, 3.63) is 28.6 Å². The molecule has 2 nitrogen and oxygen atoms in total. The number of phenols is 1. The average molecular weight is 274 g/mol. The topological polar surface area (TPSA) is 40.5 Å². The molecule has 2 aromatic rings. The molecule has 0 bridgehead atoms. The Labute approximate surface area is 116 Å². The van der Waals surface area contributed by atoms with Crippen LogP contribution in [0, 0.1) is 5.41 Å². The van der Waals surface area contributed by atoms with E-state index in [0.717, 1.165) is 25.7 Å². The van der Waals surface area contributed by atoms with Crippen molar-refractivity contribution in [2.75, 3.05) is 0 Å². The number of aryl methyl sites for hydroxylation is 1. The number of benzene rings is 1. The van der Waals surface area contributed by atoms with Gasteiger partial charge in [0.05, 0.1) is 6.10 Å². The van der Waals surface area contributed by atoms with E-state index < -0.39 is 0 Å². The van der Waals surface area contributed by atoms with Crippen LogP contribution in [0.25, 0.3) is 10.1 Å². The van der Waals surface area contributed by atoms with Gasteiger partial charge in [0.15, 0.2) is 0 Å². The lowest BCUT2D eigenvalue weighted by molar-refractivity contribution is 0.0467. The van der Waals surface area contributed by atoms with Crippen LogP contribution in [0.5, 0.6) is 5.75 Å². The largest absolute Gasteiger partial charge is 0.508 e.